The summed E-state index contributed by atoms with van der Waals surface area (Å²) in [5, 5.41) is 21.6. The number of hydroxylamine groups is 1. The lowest BCUT2D eigenvalue weighted by molar-refractivity contribution is -0.111. The van der Waals surface area contributed by atoms with Gasteiger partial charge in [-0.15, -0.1) is 0 Å². The van der Waals surface area contributed by atoms with Gasteiger partial charge in [-0.25, -0.2) is 0 Å². The summed E-state index contributed by atoms with van der Waals surface area (Å²) in [6.45, 7) is 1.54. The number of aldehydes is 1. The number of aliphatic hydroxyl groups excluding tert-OH is 1. The highest BCUT2D eigenvalue weighted by Gasteiger charge is 2.45. The van der Waals surface area contributed by atoms with Crippen LogP contribution in [0.1, 0.15) is 13.3 Å². The van der Waals surface area contributed by atoms with E-state index in [1.54, 1.807) is 6.92 Å². The van der Waals surface area contributed by atoms with E-state index in [9.17, 15) is 4.79 Å². The Balaban J connectivity index is 2.90. The topological polar surface area (TPSA) is 94.0 Å². The van der Waals surface area contributed by atoms with Gasteiger partial charge in [-0.2, -0.15) is 10.6 Å². The van der Waals surface area contributed by atoms with Crippen LogP contribution < -0.4 is 10.9 Å². The summed E-state index contributed by atoms with van der Waals surface area (Å²) in [4.78, 5) is 10.6. The summed E-state index contributed by atoms with van der Waals surface area (Å²) in [7, 11) is 0. The second-order valence-electron chi connectivity index (χ2n) is 3.00. The first kappa shape index (κ1) is 10.1. The summed E-state index contributed by atoms with van der Waals surface area (Å²) in [6, 6.07) is -0.635. The van der Waals surface area contributed by atoms with Gasteiger partial charge in [0, 0.05) is 6.61 Å². The Morgan fingerprint density at radius 3 is 3.00 bits per heavy atom. The Morgan fingerprint density at radius 2 is 2.54 bits per heavy atom. The molecule has 0 fully saturated rings. The number of hydrazone groups is 1. The molecule has 0 saturated carbocycles. The summed E-state index contributed by atoms with van der Waals surface area (Å²) in [6.07, 6.45) is 0.883. The van der Waals surface area contributed by atoms with E-state index in [0.717, 1.165) is 0 Å². The zero-order valence-corrected chi connectivity index (χ0v) is 7.32. The molecule has 2 atom stereocenters. The van der Waals surface area contributed by atoms with Crippen molar-refractivity contribution in [1.29, 1.82) is 0 Å². The van der Waals surface area contributed by atoms with Crippen LogP contribution in [0.25, 0.3) is 0 Å². The molecule has 0 aromatic carbocycles. The molecule has 0 bridgehead atoms. The Hall–Kier alpha value is -0.980. The van der Waals surface area contributed by atoms with Gasteiger partial charge in [0.2, 0.25) is 0 Å². The van der Waals surface area contributed by atoms with E-state index < -0.39 is 11.6 Å². The predicted molar refractivity (Wildman–Crippen MR) is 45.5 cm³/mol. The fourth-order valence-electron chi connectivity index (χ4n) is 1.47. The van der Waals surface area contributed by atoms with Crippen LogP contribution >= 0.6 is 0 Å². The van der Waals surface area contributed by atoms with Crippen molar-refractivity contribution in [2.24, 2.45) is 5.10 Å². The van der Waals surface area contributed by atoms with Crippen LogP contribution in [0, 0.1) is 0 Å². The molecule has 0 spiro atoms. The van der Waals surface area contributed by atoms with Crippen molar-refractivity contribution in [3.05, 3.63) is 0 Å². The molecule has 0 aromatic heterocycles. The highest BCUT2D eigenvalue weighted by Crippen LogP contribution is 2.20. The van der Waals surface area contributed by atoms with Gasteiger partial charge in [-0.1, -0.05) is 0 Å². The van der Waals surface area contributed by atoms with Gasteiger partial charge >= 0.3 is 0 Å². The molecule has 0 radical (unpaired) electrons. The number of hydrogen-bond donors (Lipinski definition) is 4. The standard InChI is InChI=1S/C7H13N3O3/c1-5-7(10-13,2-3-11)6(4-12)9-8-5/h4,6,9-11,13H,2-3H2,1H3. The van der Waals surface area contributed by atoms with Crippen molar-refractivity contribution in [2.45, 2.75) is 24.9 Å². The molecule has 2 unspecified atom stereocenters. The molecule has 0 saturated heterocycles. The van der Waals surface area contributed by atoms with Crippen molar-refractivity contribution in [3.63, 3.8) is 0 Å². The third-order valence-electron chi connectivity index (χ3n) is 2.39. The minimum atomic E-state index is -0.962. The monoisotopic (exact) mass is 187 g/mol. The van der Waals surface area contributed by atoms with Crippen molar-refractivity contribution < 1.29 is 15.1 Å². The molecule has 13 heavy (non-hydrogen) atoms. The molecular weight excluding hydrogens is 174 g/mol. The lowest BCUT2D eigenvalue weighted by atomic mass is 9.85. The number of nitrogens with one attached hydrogen (secondary N) is 2. The largest absolute Gasteiger partial charge is 0.396 e. The molecule has 1 rings (SSSR count). The Bertz CT molecular complexity index is 231. The van der Waals surface area contributed by atoms with E-state index >= 15 is 0 Å². The Labute approximate surface area is 75.6 Å². The molecule has 0 amide bonds. The molecule has 6 nitrogen and oxygen atoms in total. The first-order chi connectivity index (χ1) is 6.21. The van der Waals surface area contributed by atoms with Crippen LogP contribution in [0.3, 0.4) is 0 Å². The lowest BCUT2D eigenvalue weighted by Gasteiger charge is -2.29. The molecule has 1 aliphatic heterocycles. The Kier molecular flexibility index (Phi) is 2.97. The zero-order valence-electron chi connectivity index (χ0n) is 7.32. The van der Waals surface area contributed by atoms with E-state index in [1.165, 1.54) is 0 Å². The second kappa shape index (κ2) is 3.82. The summed E-state index contributed by atoms with van der Waals surface area (Å²) in [5.74, 6) is 0. The maximum atomic E-state index is 10.6. The number of nitrogens with zero attached hydrogens (tertiary/aromatic N) is 1. The van der Waals surface area contributed by atoms with Gasteiger partial charge in [0.05, 0.1) is 5.71 Å². The van der Waals surface area contributed by atoms with E-state index in [1.807, 2.05) is 5.48 Å². The van der Waals surface area contributed by atoms with Crippen LogP contribution in [0.4, 0.5) is 0 Å². The van der Waals surface area contributed by atoms with E-state index in [0.29, 0.717) is 12.0 Å². The molecule has 0 aromatic rings. The van der Waals surface area contributed by atoms with Crippen LogP contribution in [-0.2, 0) is 4.79 Å². The van der Waals surface area contributed by atoms with E-state index in [2.05, 4.69) is 10.5 Å². The van der Waals surface area contributed by atoms with Crippen molar-refractivity contribution >= 4 is 12.0 Å². The van der Waals surface area contributed by atoms with Gasteiger partial charge in [0.25, 0.3) is 0 Å². The van der Waals surface area contributed by atoms with Gasteiger partial charge in [-0.05, 0) is 13.3 Å². The highest BCUT2D eigenvalue weighted by molar-refractivity contribution is 5.97. The molecule has 74 valence electrons. The number of carbonyl (C=O) groups is 1. The average Bonchev–Trinajstić information content (AvgIpc) is 2.45. The molecule has 4 N–H and O–H groups in total. The number of carbonyl (C=O) groups excluding carboxylic acids is 1. The SMILES string of the molecule is CC1=NNC(C=O)C1(CCO)NO. The first-order valence-electron chi connectivity index (χ1n) is 3.99. The summed E-state index contributed by atoms with van der Waals surface area (Å²) < 4.78 is 0. The second-order valence-corrected chi connectivity index (χ2v) is 3.00. The summed E-state index contributed by atoms with van der Waals surface area (Å²) in [5.41, 5.74) is 4.21. The smallest absolute Gasteiger partial charge is 0.146 e. The van der Waals surface area contributed by atoms with Gasteiger partial charge in [0.1, 0.15) is 17.9 Å². The normalized spacial score (nSPS) is 32.5. The van der Waals surface area contributed by atoms with E-state index in [-0.39, 0.29) is 13.0 Å². The number of rotatable bonds is 4. The summed E-state index contributed by atoms with van der Waals surface area (Å²) >= 11 is 0. The number of hydrogen-bond acceptors (Lipinski definition) is 6. The van der Waals surface area contributed by atoms with Gasteiger partial charge in [-0.3, -0.25) is 5.43 Å². The van der Waals surface area contributed by atoms with Gasteiger partial charge < -0.3 is 15.1 Å². The fraction of sp³-hybridized carbons (Fsp3) is 0.714. The van der Waals surface area contributed by atoms with Crippen molar-refractivity contribution in [2.75, 3.05) is 6.61 Å². The molecule has 0 aliphatic carbocycles. The minimum Gasteiger partial charge on any atom is -0.396 e. The van der Waals surface area contributed by atoms with Gasteiger partial charge in [0.15, 0.2) is 0 Å². The average molecular weight is 187 g/mol. The van der Waals surface area contributed by atoms with Crippen LogP contribution in [0.15, 0.2) is 5.10 Å². The fourth-order valence-corrected chi connectivity index (χ4v) is 1.47. The lowest BCUT2D eigenvalue weighted by Crippen LogP contribution is -2.59. The maximum absolute atomic E-state index is 10.6. The van der Waals surface area contributed by atoms with E-state index in [4.69, 9.17) is 10.3 Å². The number of aliphatic hydroxyl groups is 1. The maximum Gasteiger partial charge on any atom is 0.146 e. The molecule has 6 heteroatoms. The minimum absolute atomic E-state index is 0.133. The van der Waals surface area contributed by atoms with Crippen LogP contribution in [-0.4, -0.2) is 40.5 Å². The predicted octanol–water partition coefficient (Wildman–Crippen LogP) is -1.37. The van der Waals surface area contributed by atoms with Crippen LogP contribution in [0.2, 0.25) is 0 Å². The Morgan fingerprint density at radius 1 is 1.85 bits per heavy atom. The third-order valence-corrected chi connectivity index (χ3v) is 2.39. The quantitative estimate of drug-likeness (QED) is 0.322. The first-order valence-corrected chi connectivity index (χ1v) is 3.99. The molecule has 1 heterocycles. The zero-order chi connectivity index (χ0) is 9.90. The van der Waals surface area contributed by atoms with Crippen LogP contribution in [0.5, 0.6) is 0 Å². The molecular formula is C7H13N3O3. The third kappa shape index (κ3) is 1.43. The van der Waals surface area contributed by atoms with Crippen molar-refractivity contribution in [3.8, 4) is 0 Å². The van der Waals surface area contributed by atoms with Crippen molar-refractivity contribution in [1.82, 2.24) is 10.9 Å². The highest BCUT2D eigenvalue weighted by atomic mass is 16.5. The molecule has 1 aliphatic rings.